The minimum absolute atomic E-state index is 0.348. The van der Waals surface area contributed by atoms with Crippen molar-refractivity contribution in [1.29, 1.82) is 0 Å². The second kappa shape index (κ2) is 6.57. The van der Waals surface area contributed by atoms with Crippen molar-refractivity contribution < 1.29 is 24.2 Å². The molecule has 2 rings (SSSR count). The third kappa shape index (κ3) is 3.33. The fourth-order valence-electron chi connectivity index (χ4n) is 1.94. The number of benzene rings is 1. The highest BCUT2D eigenvalue weighted by atomic mass is 32.2. The number of aliphatic carboxylic acids is 1. The monoisotopic (exact) mass is 312 g/mol. The maximum atomic E-state index is 12.2. The summed E-state index contributed by atoms with van der Waals surface area (Å²) in [6.07, 6.45) is 0. The average molecular weight is 312 g/mol. The molecule has 0 unspecified atom stereocenters. The normalized spacial score (nSPS) is 17.4. The van der Waals surface area contributed by atoms with E-state index < -0.39 is 18.0 Å². The summed E-state index contributed by atoms with van der Waals surface area (Å²) in [6, 6.07) is 3.71. The lowest BCUT2D eigenvalue weighted by Crippen LogP contribution is -2.44. The summed E-state index contributed by atoms with van der Waals surface area (Å²) >= 11 is 1.41. The van der Waals surface area contributed by atoms with E-state index in [-0.39, 0.29) is 0 Å². The molecule has 2 N–H and O–H groups in total. The number of nitrogens with one attached hydrogen (secondary N) is 1. The molecule has 1 saturated heterocycles. The zero-order chi connectivity index (χ0) is 15.4. The quantitative estimate of drug-likeness (QED) is 0.879. The number of thioether (sulfide) groups is 1. The SMILES string of the molecule is COc1ccc(NC(=O)N2CSC[C@H]2C(=O)O)c(OC)c1. The van der Waals surface area contributed by atoms with Gasteiger partial charge in [-0.25, -0.2) is 9.59 Å². The second-order valence-electron chi connectivity index (χ2n) is 4.32. The summed E-state index contributed by atoms with van der Waals surface area (Å²) in [5.74, 6) is 0.785. The molecule has 0 aliphatic carbocycles. The van der Waals surface area contributed by atoms with Crippen LogP contribution in [0.1, 0.15) is 0 Å². The van der Waals surface area contributed by atoms with E-state index in [1.54, 1.807) is 18.2 Å². The number of ether oxygens (including phenoxy) is 2. The predicted molar refractivity (Wildman–Crippen MR) is 79.2 cm³/mol. The highest BCUT2D eigenvalue weighted by molar-refractivity contribution is 7.99. The first kappa shape index (κ1) is 15.3. The molecule has 2 amide bonds. The van der Waals surface area contributed by atoms with Gasteiger partial charge in [-0.15, -0.1) is 11.8 Å². The topological polar surface area (TPSA) is 88.1 Å². The molecule has 1 aromatic carbocycles. The summed E-state index contributed by atoms with van der Waals surface area (Å²) in [4.78, 5) is 24.6. The Hall–Kier alpha value is -2.09. The molecule has 0 radical (unpaired) electrons. The second-order valence-corrected chi connectivity index (χ2v) is 5.32. The Kier molecular flexibility index (Phi) is 4.79. The number of carbonyl (C=O) groups excluding carboxylic acids is 1. The van der Waals surface area contributed by atoms with Gasteiger partial charge in [-0.05, 0) is 12.1 Å². The Morgan fingerprint density at radius 1 is 1.38 bits per heavy atom. The molecule has 1 aromatic rings. The number of methoxy groups -OCH3 is 2. The molecule has 1 atom stereocenters. The lowest BCUT2D eigenvalue weighted by Gasteiger charge is -2.21. The van der Waals surface area contributed by atoms with Gasteiger partial charge in [0.2, 0.25) is 0 Å². The molecule has 21 heavy (non-hydrogen) atoms. The van der Waals surface area contributed by atoms with Gasteiger partial charge in [-0.1, -0.05) is 0 Å². The molecule has 1 fully saturated rings. The molecule has 8 heteroatoms. The van der Waals surface area contributed by atoms with Crippen molar-refractivity contribution >= 4 is 29.4 Å². The van der Waals surface area contributed by atoms with Gasteiger partial charge in [-0.2, -0.15) is 0 Å². The molecule has 0 bridgehead atoms. The van der Waals surface area contributed by atoms with Gasteiger partial charge in [-0.3, -0.25) is 0 Å². The Labute approximate surface area is 126 Å². The fourth-order valence-corrected chi connectivity index (χ4v) is 3.08. The van der Waals surface area contributed by atoms with Crippen molar-refractivity contribution in [1.82, 2.24) is 4.90 Å². The molecule has 7 nitrogen and oxygen atoms in total. The van der Waals surface area contributed by atoms with Gasteiger partial charge in [0, 0.05) is 11.8 Å². The van der Waals surface area contributed by atoms with Crippen LogP contribution in [0.3, 0.4) is 0 Å². The van der Waals surface area contributed by atoms with Gasteiger partial charge < -0.3 is 24.8 Å². The standard InChI is InChI=1S/C13H16N2O5S/c1-19-8-3-4-9(11(5-8)20-2)14-13(18)15-7-21-6-10(15)12(16)17/h3-5,10H,6-7H2,1-2H3,(H,14,18)(H,16,17)/t10-/m0/s1. The number of urea groups is 1. The zero-order valence-electron chi connectivity index (χ0n) is 11.7. The van der Waals surface area contributed by atoms with Crippen LogP contribution in [0, 0.1) is 0 Å². The average Bonchev–Trinajstić information content (AvgIpc) is 2.97. The smallest absolute Gasteiger partial charge is 0.327 e. The number of hydrogen-bond donors (Lipinski definition) is 2. The van der Waals surface area contributed by atoms with Gasteiger partial charge in [0.1, 0.15) is 17.5 Å². The zero-order valence-corrected chi connectivity index (χ0v) is 12.5. The third-order valence-electron chi connectivity index (χ3n) is 3.08. The number of carbonyl (C=O) groups is 2. The molecule has 114 valence electrons. The minimum Gasteiger partial charge on any atom is -0.497 e. The molecule has 0 spiro atoms. The minimum atomic E-state index is -1.00. The largest absolute Gasteiger partial charge is 0.497 e. The summed E-state index contributed by atoms with van der Waals surface area (Å²) in [5, 5.41) is 11.8. The van der Waals surface area contributed by atoms with Crippen LogP contribution in [0.15, 0.2) is 18.2 Å². The van der Waals surface area contributed by atoms with Gasteiger partial charge in [0.25, 0.3) is 0 Å². The Bertz CT molecular complexity index is 551. The third-order valence-corrected chi connectivity index (χ3v) is 4.09. The van der Waals surface area contributed by atoms with Crippen molar-refractivity contribution in [3.05, 3.63) is 18.2 Å². The van der Waals surface area contributed by atoms with E-state index in [1.807, 2.05) is 0 Å². The van der Waals surface area contributed by atoms with E-state index in [0.717, 1.165) is 0 Å². The molecule has 1 aliphatic heterocycles. The first-order valence-electron chi connectivity index (χ1n) is 6.17. The maximum Gasteiger partial charge on any atom is 0.327 e. The Morgan fingerprint density at radius 3 is 2.76 bits per heavy atom. The highest BCUT2D eigenvalue weighted by Gasteiger charge is 2.34. The first-order valence-corrected chi connectivity index (χ1v) is 7.32. The number of hydrogen-bond acceptors (Lipinski definition) is 5. The predicted octanol–water partition coefficient (Wildman–Crippen LogP) is 1.70. The Morgan fingerprint density at radius 2 is 2.14 bits per heavy atom. The van der Waals surface area contributed by atoms with Crippen LogP contribution in [0.25, 0.3) is 0 Å². The van der Waals surface area contributed by atoms with Crippen molar-refractivity contribution in [2.24, 2.45) is 0 Å². The van der Waals surface area contributed by atoms with Crippen LogP contribution in [0.5, 0.6) is 11.5 Å². The van der Waals surface area contributed by atoms with E-state index in [2.05, 4.69) is 5.32 Å². The van der Waals surface area contributed by atoms with E-state index >= 15 is 0 Å². The van der Waals surface area contributed by atoms with Crippen molar-refractivity contribution in [2.75, 3.05) is 31.2 Å². The molecular formula is C13H16N2O5S. The van der Waals surface area contributed by atoms with Crippen molar-refractivity contribution in [3.8, 4) is 11.5 Å². The summed E-state index contributed by atoms with van der Waals surface area (Å²) in [7, 11) is 3.02. The van der Waals surface area contributed by atoms with E-state index in [4.69, 9.17) is 14.6 Å². The van der Waals surface area contributed by atoms with E-state index in [1.165, 1.54) is 30.9 Å². The number of anilines is 1. The molecule has 0 aromatic heterocycles. The first-order chi connectivity index (χ1) is 10.1. The van der Waals surface area contributed by atoms with Crippen molar-refractivity contribution in [3.63, 3.8) is 0 Å². The number of amides is 2. The van der Waals surface area contributed by atoms with Crippen LogP contribution < -0.4 is 14.8 Å². The van der Waals surface area contributed by atoms with Gasteiger partial charge >= 0.3 is 12.0 Å². The lowest BCUT2D eigenvalue weighted by atomic mass is 10.2. The van der Waals surface area contributed by atoms with Gasteiger partial charge in [0.05, 0.1) is 25.8 Å². The summed E-state index contributed by atoms with van der Waals surface area (Å²) < 4.78 is 10.3. The van der Waals surface area contributed by atoms with Crippen LogP contribution in [-0.4, -0.2) is 53.9 Å². The fraction of sp³-hybridized carbons (Fsp3) is 0.385. The molecule has 1 aliphatic rings. The molecule has 0 saturated carbocycles. The maximum absolute atomic E-state index is 12.2. The van der Waals surface area contributed by atoms with Gasteiger partial charge in [0.15, 0.2) is 0 Å². The number of carboxylic acids is 1. The number of carboxylic acid groups (broad SMARTS) is 1. The Balaban J connectivity index is 2.14. The van der Waals surface area contributed by atoms with Crippen LogP contribution >= 0.6 is 11.8 Å². The number of nitrogens with zero attached hydrogens (tertiary/aromatic N) is 1. The van der Waals surface area contributed by atoms with E-state index in [9.17, 15) is 9.59 Å². The van der Waals surface area contributed by atoms with Crippen LogP contribution in [0.4, 0.5) is 10.5 Å². The lowest BCUT2D eigenvalue weighted by molar-refractivity contribution is -0.140. The molecular weight excluding hydrogens is 296 g/mol. The van der Waals surface area contributed by atoms with Crippen LogP contribution in [0.2, 0.25) is 0 Å². The van der Waals surface area contributed by atoms with Crippen molar-refractivity contribution in [2.45, 2.75) is 6.04 Å². The summed E-state index contributed by atoms with van der Waals surface area (Å²) in [6.45, 7) is 0. The highest BCUT2D eigenvalue weighted by Crippen LogP contribution is 2.30. The molecule has 1 heterocycles. The van der Waals surface area contributed by atoms with Crippen LogP contribution in [-0.2, 0) is 4.79 Å². The summed E-state index contributed by atoms with van der Waals surface area (Å²) in [5.41, 5.74) is 0.462. The number of rotatable bonds is 4. The van der Waals surface area contributed by atoms with E-state index in [0.29, 0.717) is 28.8 Å².